The maximum Gasteiger partial charge on any atom is 0.275 e. The zero-order chi connectivity index (χ0) is 19.7. The normalized spacial score (nSPS) is 12.8. The number of benzene rings is 2. The molecule has 0 atom stereocenters. The van der Waals surface area contributed by atoms with Gasteiger partial charge in [0.25, 0.3) is 5.91 Å². The van der Waals surface area contributed by atoms with Crippen molar-refractivity contribution in [2.75, 3.05) is 10.2 Å². The minimum absolute atomic E-state index is 0.0529. The van der Waals surface area contributed by atoms with E-state index in [9.17, 15) is 18.7 Å². The molecule has 6 nitrogen and oxygen atoms in total. The second kappa shape index (κ2) is 7.24. The van der Waals surface area contributed by atoms with Gasteiger partial charge in [0.1, 0.15) is 18.2 Å². The summed E-state index contributed by atoms with van der Waals surface area (Å²) in [5.41, 5.74) is 1.53. The van der Waals surface area contributed by atoms with Crippen molar-refractivity contribution in [3.05, 3.63) is 83.6 Å². The van der Waals surface area contributed by atoms with Crippen molar-refractivity contribution in [3.8, 4) is 0 Å². The molecular formula is C20H16F2N4O2. The molecule has 0 radical (unpaired) electrons. The van der Waals surface area contributed by atoms with E-state index in [0.29, 0.717) is 12.5 Å². The van der Waals surface area contributed by atoms with Gasteiger partial charge in [0.05, 0.1) is 12.3 Å². The Kier molecular flexibility index (Phi) is 4.62. The van der Waals surface area contributed by atoms with Crippen molar-refractivity contribution in [1.82, 2.24) is 9.55 Å². The van der Waals surface area contributed by atoms with E-state index in [1.54, 1.807) is 16.8 Å². The first kappa shape index (κ1) is 17.9. The quantitative estimate of drug-likeness (QED) is 0.726. The van der Waals surface area contributed by atoms with Crippen LogP contribution in [-0.4, -0.2) is 20.6 Å². The van der Waals surface area contributed by atoms with E-state index < -0.39 is 17.5 Å². The lowest BCUT2D eigenvalue weighted by Gasteiger charge is -2.25. The zero-order valence-electron chi connectivity index (χ0n) is 14.6. The van der Waals surface area contributed by atoms with Gasteiger partial charge in [0, 0.05) is 18.1 Å². The SMILES string of the molecule is O=C(Nc1cccc(F)c1F)c1cn2c(n1)C=CN(c1cccc(CO)c1)C2. The summed E-state index contributed by atoms with van der Waals surface area (Å²) in [6, 6.07) is 11.0. The molecule has 0 aliphatic carbocycles. The Labute approximate surface area is 159 Å². The topological polar surface area (TPSA) is 70.4 Å². The fourth-order valence-corrected chi connectivity index (χ4v) is 2.94. The average molecular weight is 382 g/mol. The molecule has 8 heteroatoms. The van der Waals surface area contributed by atoms with Crippen LogP contribution >= 0.6 is 0 Å². The van der Waals surface area contributed by atoms with Crippen molar-refractivity contribution >= 4 is 23.4 Å². The molecule has 0 spiro atoms. The highest BCUT2D eigenvalue weighted by molar-refractivity contribution is 6.03. The fraction of sp³-hybridized carbons (Fsp3) is 0.100. The lowest BCUT2D eigenvalue weighted by molar-refractivity contribution is 0.102. The zero-order valence-corrected chi connectivity index (χ0v) is 14.6. The van der Waals surface area contributed by atoms with Crippen molar-refractivity contribution in [1.29, 1.82) is 0 Å². The monoisotopic (exact) mass is 382 g/mol. The summed E-state index contributed by atoms with van der Waals surface area (Å²) in [7, 11) is 0. The van der Waals surface area contributed by atoms with E-state index in [1.165, 1.54) is 12.1 Å². The van der Waals surface area contributed by atoms with Crippen LogP contribution in [0.3, 0.4) is 0 Å². The Morgan fingerprint density at radius 3 is 2.86 bits per heavy atom. The maximum atomic E-state index is 13.8. The average Bonchev–Trinajstić information content (AvgIpc) is 3.15. The van der Waals surface area contributed by atoms with Crippen molar-refractivity contribution < 1.29 is 18.7 Å². The molecule has 2 N–H and O–H groups in total. The molecule has 0 saturated carbocycles. The Morgan fingerprint density at radius 2 is 2.04 bits per heavy atom. The van der Waals surface area contributed by atoms with Gasteiger partial charge < -0.3 is 19.9 Å². The standard InChI is InChI=1S/C20H16F2N4O2/c21-15-5-2-6-16(19(15)22)24-20(28)17-10-26-12-25(8-7-18(26)23-17)14-4-1-3-13(9-14)11-27/h1-10,27H,11-12H2,(H,24,28). The molecule has 1 aliphatic rings. The molecular weight excluding hydrogens is 366 g/mol. The van der Waals surface area contributed by atoms with Gasteiger partial charge >= 0.3 is 0 Å². The third kappa shape index (κ3) is 3.37. The van der Waals surface area contributed by atoms with Gasteiger partial charge in [-0.15, -0.1) is 0 Å². The molecule has 0 saturated heterocycles. The van der Waals surface area contributed by atoms with Crippen LogP contribution in [0.5, 0.6) is 0 Å². The van der Waals surface area contributed by atoms with Crippen LogP contribution in [0.4, 0.5) is 20.2 Å². The smallest absolute Gasteiger partial charge is 0.275 e. The number of aliphatic hydroxyl groups is 1. The number of rotatable bonds is 4. The first-order valence-corrected chi connectivity index (χ1v) is 8.52. The molecule has 2 aromatic carbocycles. The molecule has 2 heterocycles. The molecule has 1 aromatic heterocycles. The van der Waals surface area contributed by atoms with E-state index in [0.717, 1.165) is 17.3 Å². The summed E-state index contributed by atoms with van der Waals surface area (Å²) in [4.78, 5) is 18.6. The number of hydrogen-bond donors (Lipinski definition) is 2. The van der Waals surface area contributed by atoms with E-state index in [1.807, 2.05) is 35.4 Å². The molecule has 1 amide bonds. The largest absolute Gasteiger partial charge is 0.392 e. The number of carbonyl (C=O) groups is 1. The van der Waals surface area contributed by atoms with Crippen LogP contribution in [0.2, 0.25) is 0 Å². The number of aromatic nitrogens is 2. The highest BCUT2D eigenvalue weighted by Crippen LogP contribution is 2.23. The Balaban J connectivity index is 1.53. The molecule has 4 rings (SSSR count). The summed E-state index contributed by atoms with van der Waals surface area (Å²) in [5, 5.41) is 11.6. The summed E-state index contributed by atoms with van der Waals surface area (Å²) in [5.74, 6) is -2.21. The lowest BCUT2D eigenvalue weighted by atomic mass is 10.2. The van der Waals surface area contributed by atoms with Gasteiger partial charge in [-0.3, -0.25) is 4.79 Å². The first-order chi connectivity index (χ1) is 13.5. The van der Waals surface area contributed by atoms with Crippen LogP contribution in [0, 0.1) is 11.6 Å². The van der Waals surface area contributed by atoms with Gasteiger partial charge in [-0.1, -0.05) is 18.2 Å². The Morgan fingerprint density at radius 1 is 1.21 bits per heavy atom. The van der Waals surface area contributed by atoms with Crippen molar-refractivity contribution in [2.45, 2.75) is 13.3 Å². The summed E-state index contributed by atoms with van der Waals surface area (Å²) < 4.78 is 28.8. The van der Waals surface area contributed by atoms with Crippen LogP contribution in [0.15, 0.2) is 54.9 Å². The third-order valence-corrected chi connectivity index (χ3v) is 4.37. The predicted octanol–water partition coefficient (Wildman–Crippen LogP) is 3.35. The number of imidazole rings is 1. The molecule has 1 aliphatic heterocycles. The van der Waals surface area contributed by atoms with Crippen LogP contribution < -0.4 is 10.2 Å². The fourth-order valence-electron chi connectivity index (χ4n) is 2.94. The summed E-state index contributed by atoms with van der Waals surface area (Å²) >= 11 is 0. The number of nitrogens with one attached hydrogen (secondary N) is 1. The van der Waals surface area contributed by atoms with Gasteiger partial charge in [-0.25, -0.2) is 13.8 Å². The van der Waals surface area contributed by atoms with Gasteiger partial charge in [0.15, 0.2) is 11.6 Å². The Bertz CT molecular complexity index is 1080. The van der Waals surface area contributed by atoms with Gasteiger partial charge in [-0.2, -0.15) is 0 Å². The highest BCUT2D eigenvalue weighted by atomic mass is 19.2. The lowest BCUT2D eigenvalue weighted by Crippen LogP contribution is -2.23. The number of aliphatic hydroxyl groups excluding tert-OH is 1. The number of amides is 1. The molecule has 3 aromatic rings. The first-order valence-electron chi connectivity index (χ1n) is 8.52. The number of fused-ring (bicyclic) bond motifs is 1. The second-order valence-electron chi connectivity index (χ2n) is 6.26. The molecule has 142 valence electrons. The number of nitrogens with zero attached hydrogens (tertiary/aromatic N) is 3. The van der Waals surface area contributed by atoms with Crippen molar-refractivity contribution in [3.63, 3.8) is 0 Å². The van der Waals surface area contributed by atoms with E-state index in [4.69, 9.17) is 0 Å². The van der Waals surface area contributed by atoms with E-state index >= 15 is 0 Å². The van der Waals surface area contributed by atoms with Crippen LogP contribution in [-0.2, 0) is 13.3 Å². The highest BCUT2D eigenvalue weighted by Gasteiger charge is 2.19. The van der Waals surface area contributed by atoms with Crippen LogP contribution in [0.25, 0.3) is 6.08 Å². The summed E-state index contributed by atoms with van der Waals surface area (Å²) in [6.07, 6.45) is 5.12. The van der Waals surface area contributed by atoms with Crippen LogP contribution in [0.1, 0.15) is 21.9 Å². The number of halogens is 2. The molecule has 0 unspecified atom stereocenters. The van der Waals surface area contributed by atoms with Gasteiger partial charge in [-0.05, 0) is 35.9 Å². The molecule has 28 heavy (non-hydrogen) atoms. The summed E-state index contributed by atoms with van der Waals surface area (Å²) in [6.45, 7) is 0.359. The number of hydrogen-bond acceptors (Lipinski definition) is 4. The molecule has 0 fully saturated rings. The number of carbonyl (C=O) groups excluding carboxylic acids is 1. The third-order valence-electron chi connectivity index (χ3n) is 4.37. The predicted molar refractivity (Wildman–Crippen MR) is 100 cm³/mol. The number of anilines is 2. The van der Waals surface area contributed by atoms with Crippen molar-refractivity contribution in [2.24, 2.45) is 0 Å². The second-order valence-corrected chi connectivity index (χ2v) is 6.26. The molecule has 0 bridgehead atoms. The van der Waals surface area contributed by atoms with Gasteiger partial charge in [0.2, 0.25) is 0 Å². The van der Waals surface area contributed by atoms with E-state index in [2.05, 4.69) is 10.3 Å². The van der Waals surface area contributed by atoms with E-state index in [-0.39, 0.29) is 18.0 Å². The maximum absolute atomic E-state index is 13.8. The minimum Gasteiger partial charge on any atom is -0.392 e. The minimum atomic E-state index is -1.12. The Hall–Kier alpha value is -3.52.